The molecule has 6 N–H and O–H groups in total. The lowest BCUT2D eigenvalue weighted by atomic mass is 10.0. The lowest BCUT2D eigenvalue weighted by molar-refractivity contribution is 0.0686. The van der Waals surface area contributed by atoms with E-state index >= 15 is 0 Å². The van der Waals surface area contributed by atoms with Crippen LogP contribution in [0.4, 0.5) is 0 Å². The smallest absolute Gasteiger partial charge is 0.338 e. The van der Waals surface area contributed by atoms with Gasteiger partial charge in [0.1, 0.15) is 23.0 Å². The first-order valence-electron chi connectivity index (χ1n) is 15.5. The molecule has 6 aromatic rings. The first kappa shape index (κ1) is 33.5. The fraction of sp³-hybridized carbons (Fsp3) is 0.211. The quantitative estimate of drug-likeness (QED) is 0.0969. The molecule has 2 aromatic heterocycles. The number of hydrogen-bond donors (Lipinski definition) is 6. The van der Waals surface area contributed by atoms with E-state index in [0.29, 0.717) is 50.9 Å². The summed E-state index contributed by atoms with van der Waals surface area (Å²) in [6.07, 6.45) is 0. The molecular formula is C38H38N2O8. The summed E-state index contributed by atoms with van der Waals surface area (Å²) in [6.45, 7) is 8.30. The molecule has 4 aromatic carbocycles. The molecule has 0 aliphatic rings. The Kier molecular flexibility index (Phi) is 9.38. The van der Waals surface area contributed by atoms with Crippen molar-refractivity contribution >= 4 is 33.7 Å². The summed E-state index contributed by atoms with van der Waals surface area (Å²) >= 11 is 0. The summed E-state index contributed by atoms with van der Waals surface area (Å²) < 4.78 is 3.64. The number of carboxylic acids is 2. The Morgan fingerprint density at radius 3 is 1.58 bits per heavy atom. The molecule has 10 heteroatoms. The molecule has 0 aliphatic carbocycles. The van der Waals surface area contributed by atoms with Crippen LogP contribution in [0.5, 0.6) is 23.0 Å². The van der Waals surface area contributed by atoms with Crippen molar-refractivity contribution in [2.24, 2.45) is 0 Å². The molecule has 0 fully saturated rings. The van der Waals surface area contributed by atoms with E-state index in [-0.39, 0.29) is 52.5 Å². The highest BCUT2D eigenvalue weighted by Crippen LogP contribution is 2.38. The molecule has 10 nitrogen and oxygen atoms in total. The number of fused-ring (bicyclic) bond motifs is 2. The van der Waals surface area contributed by atoms with Crippen LogP contribution in [0, 0.1) is 0 Å². The molecule has 0 bridgehead atoms. The van der Waals surface area contributed by atoms with Gasteiger partial charge < -0.3 is 39.8 Å². The zero-order valence-electron chi connectivity index (χ0n) is 27.0. The zero-order chi connectivity index (χ0) is 34.9. The highest BCUT2D eigenvalue weighted by Gasteiger charge is 2.27. The van der Waals surface area contributed by atoms with Crippen molar-refractivity contribution in [3.05, 3.63) is 119 Å². The summed E-state index contributed by atoms with van der Waals surface area (Å²) in [5.74, 6) is -1.71. The largest absolute Gasteiger partial charge is 0.508 e. The molecule has 0 aliphatic heterocycles. The normalized spacial score (nSPS) is 11.3. The van der Waals surface area contributed by atoms with Crippen LogP contribution in [-0.2, 0) is 13.1 Å². The molecule has 0 saturated carbocycles. The van der Waals surface area contributed by atoms with Crippen LogP contribution in [0.3, 0.4) is 0 Å². The monoisotopic (exact) mass is 650 g/mol. The maximum Gasteiger partial charge on any atom is 0.338 e. The first-order valence-corrected chi connectivity index (χ1v) is 15.5. The average Bonchev–Trinajstić information content (AvgIpc) is 3.53. The molecule has 0 radical (unpaired) electrons. The molecule has 6 rings (SSSR count). The van der Waals surface area contributed by atoms with Crippen molar-refractivity contribution in [2.75, 3.05) is 0 Å². The maximum absolute atomic E-state index is 11.8. The van der Waals surface area contributed by atoms with Crippen LogP contribution in [0.1, 0.15) is 82.8 Å². The number of nitrogens with zero attached hydrogens (tertiary/aromatic N) is 2. The van der Waals surface area contributed by atoms with Crippen molar-refractivity contribution in [3.63, 3.8) is 0 Å². The first-order chi connectivity index (χ1) is 22.8. The average molecular weight is 651 g/mol. The number of aromatic nitrogens is 2. The Morgan fingerprint density at radius 1 is 0.583 bits per heavy atom. The number of carbonyl (C=O) groups is 2. The minimum Gasteiger partial charge on any atom is -0.508 e. The lowest BCUT2D eigenvalue weighted by Crippen LogP contribution is -2.10. The van der Waals surface area contributed by atoms with Crippen LogP contribution in [0.2, 0.25) is 0 Å². The van der Waals surface area contributed by atoms with Crippen LogP contribution in [0.25, 0.3) is 21.8 Å². The third-order valence-electron chi connectivity index (χ3n) is 8.35. The van der Waals surface area contributed by atoms with Gasteiger partial charge in [-0.05, 0) is 42.2 Å². The van der Waals surface area contributed by atoms with Gasteiger partial charge >= 0.3 is 11.9 Å². The van der Waals surface area contributed by atoms with E-state index in [1.54, 1.807) is 71.3 Å². The highest BCUT2D eigenvalue weighted by atomic mass is 16.4. The van der Waals surface area contributed by atoms with Gasteiger partial charge in [-0.1, -0.05) is 76.2 Å². The summed E-state index contributed by atoms with van der Waals surface area (Å²) in [7, 11) is 0. The minimum atomic E-state index is -1.02. The molecule has 0 atom stereocenters. The van der Waals surface area contributed by atoms with E-state index < -0.39 is 11.9 Å². The van der Waals surface area contributed by atoms with Crippen molar-refractivity contribution < 1.29 is 40.2 Å². The van der Waals surface area contributed by atoms with Gasteiger partial charge in [0, 0.05) is 39.4 Å². The molecule has 0 unspecified atom stereocenters. The van der Waals surface area contributed by atoms with Crippen molar-refractivity contribution in [1.82, 2.24) is 9.13 Å². The molecular weight excluding hydrogens is 612 g/mol. The van der Waals surface area contributed by atoms with Crippen molar-refractivity contribution in [2.45, 2.75) is 52.6 Å². The van der Waals surface area contributed by atoms with E-state index in [1.165, 1.54) is 6.07 Å². The zero-order valence-corrected chi connectivity index (χ0v) is 27.0. The predicted octanol–water partition coefficient (Wildman–Crippen LogP) is 7.84. The van der Waals surface area contributed by atoms with E-state index in [4.69, 9.17) is 0 Å². The van der Waals surface area contributed by atoms with Crippen LogP contribution in [-0.4, -0.2) is 51.7 Å². The van der Waals surface area contributed by atoms with Gasteiger partial charge in [-0.2, -0.15) is 0 Å². The van der Waals surface area contributed by atoms with Crippen molar-refractivity contribution in [3.8, 4) is 23.0 Å². The van der Waals surface area contributed by atoms with E-state index in [2.05, 4.69) is 0 Å². The third kappa shape index (κ3) is 6.24. The molecule has 0 saturated heterocycles. The number of aromatic hydroxyl groups is 4. The summed E-state index contributed by atoms with van der Waals surface area (Å²) in [6, 6.07) is 23.4. The van der Waals surface area contributed by atoms with Gasteiger partial charge in [0.05, 0.1) is 35.2 Å². The number of aromatic carboxylic acids is 2. The number of carboxylic acid groups (broad SMARTS) is 2. The Hall–Kier alpha value is -5.90. The summed E-state index contributed by atoms with van der Waals surface area (Å²) in [5.41, 5.74) is 4.21. The number of para-hydroxylation sites is 3. The Balaban J connectivity index is 0.000000188. The maximum atomic E-state index is 11.8. The van der Waals surface area contributed by atoms with Crippen LogP contribution < -0.4 is 0 Å². The number of hydrogen-bond acceptors (Lipinski definition) is 6. The Bertz CT molecular complexity index is 2160. The van der Waals surface area contributed by atoms with E-state index in [9.17, 15) is 40.2 Å². The topological polar surface area (TPSA) is 165 Å². The Labute approximate surface area is 277 Å². The number of benzene rings is 4. The van der Waals surface area contributed by atoms with Gasteiger partial charge in [-0.3, -0.25) is 0 Å². The molecule has 0 spiro atoms. The van der Waals surface area contributed by atoms with Gasteiger partial charge in [0.25, 0.3) is 0 Å². The summed E-state index contributed by atoms with van der Waals surface area (Å²) in [5, 5.41) is 60.8. The fourth-order valence-corrected chi connectivity index (χ4v) is 6.38. The lowest BCUT2D eigenvalue weighted by Gasteiger charge is -2.15. The highest BCUT2D eigenvalue weighted by molar-refractivity contribution is 6.07. The Morgan fingerprint density at radius 2 is 1.06 bits per heavy atom. The van der Waals surface area contributed by atoms with Crippen LogP contribution in [0.15, 0.2) is 84.9 Å². The van der Waals surface area contributed by atoms with E-state index in [0.717, 1.165) is 0 Å². The standard InChI is InChI=1S/2C19H19NO4/c1-11(2)17-16(19(23)24)13-7-5-9-15(22)18(13)20(17)10-12-6-3-4-8-14(12)21;1-11(2)18-17(19(23)24)14-8-7-13(21)9-15(14)20(18)10-12-5-3-4-6-16(12)22/h2*3-9,11,21-22H,10H2,1-2H3,(H,23,24). The molecule has 248 valence electrons. The number of rotatable bonds is 8. The van der Waals surface area contributed by atoms with Gasteiger partial charge in [0.15, 0.2) is 0 Å². The molecule has 0 amide bonds. The second-order valence-electron chi connectivity index (χ2n) is 12.2. The third-order valence-corrected chi connectivity index (χ3v) is 8.35. The fourth-order valence-electron chi connectivity index (χ4n) is 6.38. The number of phenolic OH excluding ortho intramolecular Hbond substituents is 4. The second-order valence-corrected chi connectivity index (χ2v) is 12.2. The second kappa shape index (κ2) is 13.4. The summed E-state index contributed by atoms with van der Waals surface area (Å²) in [4.78, 5) is 23.7. The minimum absolute atomic E-state index is 0.0253. The van der Waals surface area contributed by atoms with E-state index in [1.807, 2.05) is 44.4 Å². The van der Waals surface area contributed by atoms with Crippen LogP contribution >= 0.6 is 0 Å². The number of phenols is 4. The van der Waals surface area contributed by atoms with Gasteiger partial charge in [-0.25, -0.2) is 9.59 Å². The SMILES string of the molecule is CC(C)c1c(C(=O)O)c2ccc(O)cc2n1Cc1ccccc1O.CC(C)c1c(C(=O)O)c2cccc(O)c2n1Cc1ccccc1O. The van der Waals surface area contributed by atoms with Gasteiger partial charge in [0.2, 0.25) is 0 Å². The molecule has 48 heavy (non-hydrogen) atoms. The molecule has 2 heterocycles. The van der Waals surface area contributed by atoms with Crippen molar-refractivity contribution in [1.29, 1.82) is 0 Å². The van der Waals surface area contributed by atoms with Gasteiger partial charge in [-0.15, -0.1) is 0 Å². The predicted molar refractivity (Wildman–Crippen MR) is 184 cm³/mol.